The van der Waals surface area contributed by atoms with Gasteiger partial charge in [0.05, 0.1) is 5.41 Å². The molecule has 0 saturated heterocycles. The Labute approximate surface area is 159 Å². The first-order valence-corrected chi connectivity index (χ1v) is 8.31. The zero-order valence-electron chi connectivity index (χ0n) is 16.2. The second kappa shape index (κ2) is 11.6. The summed E-state index contributed by atoms with van der Waals surface area (Å²) in [5.74, 6) is -1.96. The second-order valence-corrected chi connectivity index (χ2v) is 6.34. The molecule has 0 fully saturated rings. The SMILES string of the molecule is CCC(COC(=O)/C=C(/C)N)(COC(=O)/C=C(/C)N)COC(=O)/C=C(/C)N. The molecule has 0 aliphatic carbocycles. The van der Waals surface area contributed by atoms with Crippen molar-refractivity contribution in [2.45, 2.75) is 34.1 Å². The Bertz CT molecular complexity index is 541. The second-order valence-electron chi connectivity index (χ2n) is 6.34. The summed E-state index contributed by atoms with van der Waals surface area (Å²) in [6, 6.07) is 0. The Hall–Kier alpha value is -2.97. The van der Waals surface area contributed by atoms with E-state index in [0.717, 1.165) is 18.2 Å². The van der Waals surface area contributed by atoms with Crippen LogP contribution in [0.4, 0.5) is 0 Å². The lowest BCUT2D eigenvalue weighted by Gasteiger charge is -2.30. The van der Waals surface area contributed by atoms with Gasteiger partial charge in [0.25, 0.3) is 0 Å². The molecule has 0 atom stereocenters. The first-order valence-electron chi connectivity index (χ1n) is 8.31. The molecule has 0 heterocycles. The number of ether oxygens (including phenoxy) is 3. The van der Waals surface area contributed by atoms with Crippen molar-refractivity contribution in [3.63, 3.8) is 0 Å². The van der Waals surface area contributed by atoms with Crippen LogP contribution < -0.4 is 17.2 Å². The van der Waals surface area contributed by atoms with E-state index in [-0.39, 0.29) is 36.9 Å². The van der Waals surface area contributed by atoms with Crippen molar-refractivity contribution < 1.29 is 28.6 Å². The lowest BCUT2D eigenvalue weighted by atomic mass is 9.88. The fourth-order valence-electron chi connectivity index (χ4n) is 1.79. The van der Waals surface area contributed by atoms with Crippen LogP contribution in [0.1, 0.15) is 34.1 Å². The monoisotopic (exact) mass is 383 g/mol. The van der Waals surface area contributed by atoms with Crippen LogP contribution in [-0.2, 0) is 28.6 Å². The highest BCUT2D eigenvalue weighted by atomic mass is 16.6. The summed E-state index contributed by atoms with van der Waals surface area (Å²) in [6.45, 7) is 5.96. The largest absolute Gasteiger partial charge is 0.462 e. The predicted octanol–water partition coefficient (Wildman–Crippen LogP) is 0.600. The zero-order valence-corrected chi connectivity index (χ0v) is 16.2. The van der Waals surface area contributed by atoms with Crippen molar-refractivity contribution in [3.8, 4) is 0 Å². The molecular formula is C18H29N3O6. The molecular weight excluding hydrogens is 354 g/mol. The Kier molecular flexibility index (Phi) is 10.3. The minimum Gasteiger partial charge on any atom is -0.462 e. The van der Waals surface area contributed by atoms with Crippen LogP contribution >= 0.6 is 0 Å². The summed E-state index contributed by atoms with van der Waals surface area (Å²) in [7, 11) is 0. The van der Waals surface area contributed by atoms with E-state index in [9.17, 15) is 14.4 Å². The fourth-order valence-corrected chi connectivity index (χ4v) is 1.79. The summed E-state index contributed by atoms with van der Waals surface area (Å²) >= 11 is 0. The van der Waals surface area contributed by atoms with E-state index < -0.39 is 23.3 Å². The van der Waals surface area contributed by atoms with Gasteiger partial charge in [-0.15, -0.1) is 0 Å². The van der Waals surface area contributed by atoms with Crippen molar-refractivity contribution in [1.29, 1.82) is 0 Å². The van der Waals surface area contributed by atoms with Crippen LogP contribution in [0.15, 0.2) is 35.3 Å². The molecule has 0 aromatic rings. The van der Waals surface area contributed by atoms with E-state index in [2.05, 4.69) is 0 Å². The van der Waals surface area contributed by atoms with E-state index >= 15 is 0 Å². The maximum atomic E-state index is 11.7. The van der Waals surface area contributed by atoms with Gasteiger partial charge in [-0.25, -0.2) is 14.4 Å². The van der Waals surface area contributed by atoms with E-state index in [1.54, 1.807) is 27.7 Å². The Morgan fingerprint density at radius 3 is 1.15 bits per heavy atom. The quantitative estimate of drug-likeness (QED) is 0.279. The molecule has 9 heteroatoms. The van der Waals surface area contributed by atoms with E-state index in [0.29, 0.717) is 6.42 Å². The number of esters is 3. The van der Waals surface area contributed by atoms with E-state index in [1.807, 2.05) is 0 Å². The fraction of sp³-hybridized carbons (Fsp3) is 0.500. The lowest BCUT2D eigenvalue weighted by Crippen LogP contribution is -2.38. The van der Waals surface area contributed by atoms with Gasteiger partial charge in [0.15, 0.2) is 0 Å². The number of hydrogen-bond acceptors (Lipinski definition) is 9. The lowest BCUT2D eigenvalue weighted by molar-refractivity contribution is -0.156. The highest BCUT2D eigenvalue weighted by Crippen LogP contribution is 2.24. The molecule has 9 nitrogen and oxygen atoms in total. The van der Waals surface area contributed by atoms with Crippen LogP contribution in [0.2, 0.25) is 0 Å². The Morgan fingerprint density at radius 1 is 0.704 bits per heavy atom. The molecule has 0 aromatic carbocycles. The third-order valence-corrected chi connectivity index (χ3v) is 3.35. The number of allylic oxidation sites excluding steroid dienone is 3. The van der Waals surface area contributed by atoms with Gasteiger partial charge < -0.3 is 31.4 Å². The van der Waals surface area contributed by atoms with Crippen molar-refractivity contribution >= 4 is 17.9 Å². The first-order chi connectivity index (χ1) is 12.5. The number of hydrogen-bond donors (Lipinski definition) is 3. The van der Waals surface area contributed by atoms with Crippen molar-refractivity contribution in [1.82, 2.24) is 0 Å². The minimum absolute atomic E-state index is 0.149. The number of carbonyl (C=O) groups is 3. The predicted molar refractivity (Wildman–Crippen MR) is 99.4 cm³/mol. The molecule has 0 amide bonds. The van der Waals surface area contributed by atoms with Gasteiger partial charge in [-0.3, -0.25) is 0 Å². The normalized spacial score (nSPS) is 13.1. The highest BCUT2D eigenvalue weighted by Gasteiger charge is 2.33. The zero-order chi connectivity index (χ0) is 21.0. The molecule has 0 spiro atoms. The molecule has 6 N–H and O–H groups in total. The van der Waals surface area contributed by atoms with Crippen molar-refractivity contribution in [3.05, 3.63) is 35.3 Å². The van der Waals surface area contributed by atoms with Gasteiger partial charge in [0.1, 0.15) is 19.8 Å². The standard InChI is InChI=1S/C18H29N3O6/c1-5-18(9-25-15(22)6-12(2)19,10-26-16(23)7-13(3)20)11-27-17(24)8-14(4)21/h6-8H,5,9-11,19-21H2,1-4H3/b12-6-,13-7-,14-8-. The highest BCUT2D eigenvalue weighted by molar-refractivity contribution is 5.83. The molecule has 0 bridgehead atoms. The molecule has 0 radical (unpaired) electrons. The molecule has 0 aromatic heterocycles. The number of carbonyl (C=O) groups excluding carboxylic acids is 3. The van der Waals surface area contributed by atoms with Gasteiger partial charge in [-0.1, -0.05) is 6.92 Å². The molecule has 0 rings (SSSR count). The molecule has 27 heavy (non-hydrogen) atoms. The molecule has 0 unspecified atom stereocenters. The minimum atomic E-state index is -0.940. The van der Waals surface area contributed by atoms with Gasteiger partial charge in [-0.2, -0.15) is 0 Å². The van der Waals surface area contributed by atoms with Gasteiger partial charge >= 0.3 is 17.9 Å². The molecule has 152 valence electrons. The molecule has 0 aliphatic rings. The molecule has 0 saturated carbocycles. The Balaban J connectivity index is 5.22. The van der Waals surface area contributed by atoms with Gasteiger partial charge in [-0.05, 0) is 27.2 Å². The third-order valence-electron chi connectivity index (χ3n) is 3.35. The maximum absolute atomic E-state index is 11.7. The van der Waals surface area contributed by atoms with E-state index in [1.165, 1.54) is 0 Å². The topological polar surface area (TPSA) is 157 Å². The number of nitrogens with two attached hydrogens (primary N) is 3. The molecule has 0 aliphatic heterocycles. The van der Waals surface area contributed by atoms with Crippen LogP contribution in [0.3, 0.4) is 0 Å². The average Bonchev–Trinajstić information content (AvgIpc) is 2.52. The maximum Gasteiger partial charge on any atom is 0.332 e. The van der Waals surface area contributed by atoms with Gasteiger partial charge in [0.2, 0.25) is 0 Å². The summed E-state index contributed by atoms with van der Waals surface area (Å²) in [5, 5.41) is 0. The van der Waals surface area contributed by atoms with Crippen LogP contribution in [0.5, 0.6) is 0 Å². The average molecular weight is 383 g/mol. The Morgan fingerprint density at radius 2 is 0.963 bits per heavy atom. The smallest absolute Gasteiger partial charge is 0.332 e. The third kappa shape index (κ3) is 11.3. The summed E-state index contributed by atoms with van der Waals surface area (Å²) in [6.07, 6.45) is 3.77. The number of rotatable bonds is 10. The van der Waals surface area contributed by atoms with Crippen molar-refractivity contribution in [2.24, 2.45) is 22.6 Å². The van der Waals surface area contributed by atoms with Crippen molar-refractivity contribution in [2.75, 3.05) is 19.8 Å². The van der Waals surface area contributed by atoms with Gasteiger partial charge in [0, 0.05) is 35.3 Å². The summed E-state index contributed by atoms with van der Waals surface area (Å²) in [4.78, 5) is 35.2. The van der Waals surface area contributed by atoms with Crippen LogP contribution in [0.25, 0.3) is 0 Å². The summed E-state index contributed by atoms with van der Waals surface area (Å²) < 4.78 is 15.5. The summed E-state index contributed by atoms with van der Waals surface area (Å²) in [5.41, 5.74) is 16.2. The van der Waals surface area contributed by atoms with E-state index in [4.69, 9.17) is 31.4 Å². The van der Waals surface area contributed by atoms with Crippen LogP contribution in [0, 0.1) is 5.41 Å². The van der Waals surface area contributed by atoms with Crippen LogP contribution in [-0.4, -0.2) is 37.7 Å². The first kappa shape index (κ1) is 24.0.